The van der Waals surface area contributed by atoms with Crippen LogP contribution in [0.3, 0.4) is 0 Å². The maximum Gasteiger partial charge on any atom is 0.134 e. The third kappa shape index (κ3) is 2.54. The summed E-state index contributed by atoms with van der Waals surface area (Å²) in [6.45, 7) is 0. The molecule has 19 heavy (non-hydrogen) atoms. The molecule has 0 radical (unpaired) electrons. The molecule has 2 N–H and O–H groups in total. The van der Waals surface area contributed by atoms with Crippen molar-refractivity contribution < 1.29 is 14.2 Å². The summed E-state index contributed by atoms with van der Waals surface area (Å²) in [6.07, 6.45) is 1.65. The number of benzene rings is 1. The molecule has 100 valence electrons. The van der Waals surface area contributed by atoms with Crippen LogP contribution in [0.1, 0.15) is 0 Å². The van der Waals surface area contributed by atoms with Gasteiger partial charge in [-0.15, -0.1) is 0 Å². The van der Waals surface area contributed by atoms with E-state index in [0.29, 0.717) is 23.1 Å². The Labute approximate surface area is 111 Å². The first-order valence-electron chi connectivity index (χ1n) is 5.71. The summed E-state index contributed by atoms with van der Waals surface area (Å²) in [4.78, 5) is 3.98. The molecule has 0 spiro atoms. The van der Waals surface area contributed by atoms with Crippen LogP contribution in [0.4, 0.5) is 5.82 Å². The van der Waals surface area contributed by atoms with Crippen molar-refractivity contribution in [1.82, 2.24) is 4.98 Å². The largest absolute Gasteiger partial charge is 0.496 e. The average Bonchev–Trinajstić information content (AvgIpc) is 2.45. The molecule has 0 amide bonds. The Hall–Kier alpha value is -2.43. The van der Waals surface area contributed by atoms with Crippen LogP contribution in [0, 0.1) is 0 Å². The number of aromatic nitrogens is 1. The molecule has 5 nitrogen and oxygen atoms in total. The number of ether oxygens (including phenoxy) is 3. The van der Waals surface area contributed by atoms with Crippen LogP contribution in [0.2, 0.25) is 0 Å². The molecule has 2 rings (SSSR count). The maximum atomic E-state index is 5.72. The number of hydrogen-bond donors (Lipinski definition) is 1. The molecule has 0 atom stereocenters. The number of nitrogen functional groups attached to an aromatic ring is 1. The molecule has 1 aromatic carbocycles. The van der Waals surface area contributed by atoms with Gasteiger partial charge in [0.1, 0.15) is 23.1 Å². The zero-order valence-corrected chi connectivity index (χ0v) is 11.1. The van der Waals surface area contributed by atoms with Gasteiger partial charge in [-0.1, -0.05) is 0 Å². The molecular weight excluding hydrogens is 244 g/mol. The predicted molar refractivity (Wildman–Crippen MR) is 73.7 cm³/mol. The molecule has 5 heteroatoms. The number of hydrogen-bond acceptors (Lipinski definition) is 5. The van der Waals surface area contributed by atoms with E-state index in [9.17, 15) is 0 Å². The minimum absolute atomic E-state index is 0.442. The van der Waals surface area contributed by atoms with Crippen molar-refractivity contribution in [2.75, 3.05) is 27.1 Å². The molecule has 1 aromatic heterocycles. The summed E-state index contributed by atoms with van der Waals surface area (Å²) in [7, 11) is 4.79. The van der Waals surface area contributed by atoms with Gasteiger partial charge in [0.2, 0.25) is 0 Å². The van der Waals surface area contributed by atoms with E-state index in [1.807, 2.05) is 6.07 Å². The zero-order chi connectivity index (χ0) is 13.8. The van der Waals surface area contributed by atoms with E-state index >= 15 is 0 Å². The first-order valence-corrected chi connectivity index (χ1v) is 5.71. The highest BCUT2D eigenvalue weighted by molar-refractivity contribution is 5.79. The SMILES string of the molecule is COc1cc(OC)c(-c2ccnc(N)c2)c(OC)c1. The fourth-order valence-electron chi connectivity index (χ4n) is 1.89. The molecule has 0 fully saturated rings. The summed E-state index contributed by atoms with van der Waals surface area (Å²) in [5, 5.41) is 0. The van der Waals surface area contributed by atoms with Crippen molar-refractivity contribution in [1.29, 1.82) is 0 Å². The quantitative estimate of drug-likeness (QED) is 0.914. The van der Waals surface area contributed by atoms with Crippen LogP contribution < -0.4 is 19.9 Å². The lowest BCUT2D eigenvalue weighted by Crippen LogP contribution is -1.96. The Bertz CT molecular complexity index is 560. The number of rotatable bonds is 4. The van der Waals surface area contributed by atoms with Gasteiger partial charge >= 0.3 is 0 Å². The molecule has 0 aliphatic carbocycles. The number of nitrogens with two attached hydrogens (primary N) is 1. The fourth-order valence-corrected chi connectivity index (χ4v) is 1.89. The second-order valence-corrected chi connectivity index (χ2v) is 3.88. The van der Waals surface area contributed by atoms with Crippen LogP contribution in [0.15, 0.2) is 30.5 Å². The van der Waals surface area contributed by atoms with Gasteiger partial charge in [-0.3, -0.25) is 0 Å². The smallest absolute Gasteiger partial charge is 0.134 e. The first-order chi connectivity index (χ1) is 9.19. The molecule has 0 aliphatic heterocycles. The Kier molecular flexibility index (Phi) is 3.75. The van der Waals surface area contributed by atoms with Gasteiger partial charge in [0.15, 0.2) is 0 Å². The summed E-state index contributed by atoms with van der Waals surface area (Å²) in [5.74, 6) is 2.42. The Morgan fingerprint density at radius 3 is 2.05 bits per heavy atom. The van der Waals surface area contributed by atoms with Gasteiger partial charge in [0.05, 0.1) is 26.9 Å². The van der Waals surface area contributed by atoms with Crippen molar-refractivity contribution in [3.05, 3.63) is 30.5 Å². The molecular formula is C14H16N2O3. The lowest BCUT2D eigenvalue weighted by Gasteiger charge is -2.15. The summed E-state index contributed by atoms with van der Waals surface area (Å²) in [5.41, 5.74) is 7.42. The van der Waals surface area contributed by atoms with E-state index in [-0.39, 0.29) is 0 Å². The van der Waals surface area contributed by atoms with Crippen LogP contribution >= 0.6 is 0 Å². The van der Waals surface area contributed by atoms with Crippen LogP contribution in [0.5, 0.6) is 17.2 Å². The minimum atomic E-state index is 0.442. The van der Waals surface area contributed by atoms with Crippen LogP contribution in [0.25, 0.3) is 11.1 Å². The second-order valence-electron chi connectivity index (χ2n) is 3.88. The van der Waals surface area contributed by atoms with Crippen molar-refractivity contribution in [2.24, 2.45) is 0 Å². The second kappa shape index (κ2) is 5.48. The average molecular weight is 260 g/mol. The predicted octanol–water partition coefficient (Wildman–Crippen LogP) is 2.36. The summed E-state index contributed by atoms with van der Waals surface area (Å²) >= 11 is 0. The van der Waals surface area contributed by atoms with E-state index in [1.54, 1.807) is 45.7 Å². The van der Waals surface area contributed by atoms with E-state index in [4.69, 9.17) is 19.9 Å². The lowest BCUT2D eigenvalue weighted by atomic mass is 10.0. The minimum Gasteiger partial charge on any atom is -0.496 e. The third-order valence-electron chi connectivity index (χ3n) is 2.78. The molecule has 0 aliphatic rings. The molecule has 2 aromatic rings. The number of methoxy groups -OCH3 is 3. The zero-order valence-electron chi connectivity index (χ0n) is 11.1. The number of nitrogens with zero attached hydrogens (tertiary/aromatic N) is 1. The summed E-state index contributed by atoms with van der Waals surface area (Å²) < 4.78 is 16.0. The van der Waals surface area contributed by atoms with Crippen molar-refractivity contribution in [2.45, 2.75) is 0 Å². The first kappa shape index (κ1) is 13.0. The Balaban J connectivity index is 2.66. The monoisotopic (exact) mass is 260 g/mol. The Morgan fingerprint density at radius 2 is 1.58 bits per heavy atom. The standard InChI is InChI=1S/C14H16N2O3/c1-17-10-7-11(18-2)14(12(8-10)19-3)9-4-5-16-13(15)6-9/h4-8H,1-3H3,(H2,15,16). The number of pyridine rings is 1. The highest BCUT2D eigenvalue weighted by Gasteiger charge is 2.15. The molecule has 0 saturated carbocycles. The highest BCUT2D eigenvalue weighted by atomic mass is 16.5. The third-order valence-corrected chi connectivity index (χ3v) is 2.78. The summed E-state index contributed by atoms with van der Waals surface area (Å²) in [6, 6.07) is 7.22. The fraction of sp³-hybridized carbons (Fsp3) is 0.214. The van der Waals surface area contributed by atoms with Gasteiger partial charge < -0.3 is 19.9 Å². The lowest BCUT2D eigenvalue weighted by molar-refractivity contribution is 0.377. The van der Waals surface area contributed by atoms with E-state index < -0.39 is 0 Å². The molecule has 0 unspecified atom stereocenters. The topological polar surface area (TPSA) is 66.6 Å². The van der Waals surface area contributed by atoms with Gasteiger partial charge in [-0.05, 0) is 17.7 Å². The van der Waals surface area contributed by atoms with Crippen molar-refractivity contribution in [3.63, 3.8) is 0 Å². The highest BCUT2D eigenvalue weighted by Crippen LogP contribution is 2.41. The van der Waals surface area contributed by atoms with Crippen molar-refractivity contribution in [3.8, 4) is 28.4 Å². The maximum absolute atomic E-state index is 5.72. The van der Waals surface area contributed by atoms with Gasteiger partial charge in [-0.2, -0.15) is 0 Å². The molecule has 0 saturated heterocycles. The van der Waals surface area contributed by atoms with E-state index in [2.05, 4.69) is 4.98 Å². The van der Waals surface area contributed by atoms with Crippen LogP contribution in [-0.2, 0) is 0 Å². The normalized spacial score (nSPS) is 10.1. The van der Waals surface area contributed by atoms with Gasteiger partial charge in [-0.25, -0.2) is 4.98 Å². The van der Waals surface area contributed by atoms with Gasteiger partial charge in [0, 0.05) is 18.3 Å². The van der Waals surface area contributed by atoms with Crippen LogP contribution in [-0.4, -0.2) is 26.3 Å². The van der Waals surface area contributed by atoms with E-state index in [0.717, 1.165) is 11.1 Å². The number of anilines is 1. The Morgan fingerprint density at radius 1 is 0.947 bits per heavy atom. The van der Waals surface area contributed by atoms with Gasteiger partial charge in [0.25, 0.3) is 0 Å². The molecule has 1 heterocycles. The van der Waals surface area contributed by atoms with E-state index in [1.165, 1.54) is 0 Å². The molecule has 0 bridgehead atoms. The van der Waals surface area contributed by atoms with Crippen molar-refractivity contribution >= 4 is 5.82 Å².